The van der Waals surface area contributed by atoms with Gasteiger partial charge < -0.3 is 15.3 Å². The van der Waals surface area contributed by atoms with Crippen molar-refractivity contribution in [3.63, 3.8) is 0 Å². The molecule has 1 aromatic carbocycles. The Hall–Kier alpha value is -1.20. The third-order valence-electron chi connectivity index (χ3n) is 4.42. The van der Waals surface area contributed by atoms with Gasteiger partial charge in [-0.15, -0.1) is 0 Å². The first-order chi connectivity index (χ1) is 10.7. The van der Waals surface area contributed by atoms with Gasteiger partial charge in [-0.05, 0) is 37.0 Å². The minimum Gasteiger partial charge on any atom is -0.391 e. The van der Waals surface area contributed by atoms with E-state index in [1.807, 2.05) is 23.9 Å². The molecule has 1 heterocycles. The smallest absolute Gasteiger partial charge is 0.321 e. The second-order valence-corrected chi connectivity index (χ2v) is 7.53. The van der Waals surface area contributed by atoms with Crippen molar-refractivity contribution in [2.45, 2.75) is 49.2 Å². The number of benzene rings is 1. The van der Waals surface area contributed by atoms with Gasteiger partial charge in [0.2, 0.25) is 0 Å². The number of rotatable bonds is 4. The van der Waals surface area contributed by atoms with Crippen molar-refractivity contribution in [2.75, 3.05) is 18.4 Å². The average Bonchev–Trinajstić information content (AvgIpc) is 3.17. The van der Waals surface area contributed by atoms with Gasteiger partial charge in [0.05, 0.1) is 6.10 Å². The van der Waals surface area contributed by atoms with E-state index in [1.54, 1.807) is 4.90 Å². The van der Waals surface area contributed by atoms with E-state index in [0.717, 1.165) is 16.7 Å². The molecule has 0 unspecified atom stereocenters. The first-order valence-corrected chi connectivity index (χ1v) is 9.20. The molecule has 3 rings (SSSR count). The Morgan fingerprint density at radius 1 is 1.32 bits per heavy atom. The fourth-order valence-electron chi connectivity index (χ4n) is 3.14. The number of carbonyl (C=O) groups excluding carboxylic acids is 1. The van der Waals surface area contributed by atoms with Gasteiger partial charge in [-0.25, -0.2) is 4.79 Å². The summed E-state index contributed by atoms with van der Waals surface area (Å²) in [5.41, 5.74) is 2.10. The number of anilines is 1. The average molecular weight is 320 g/mol. The topological polar surface area (TPSA) is 52.6 Å². The number of β-amino-alcohol motifs (C(OH)–C–C–N with tert-alkyl or cyclic N) is 1. The molecule has 1 aliphatic heterocycles. The lowest BCUT2D eigenvalue weighted by Crippen LogP contribution is -2.33. The fourth-order valence-corrected chi connectivity index (χ4v) is 4.41. The molecule has 0 aromatic heterocycles. The Kier molecular flexibility index (Phi) is 5.26. The van der Waals surface area contributed by atoms with Crippen LogP contribution in [-0.2, 0) is 5.75 Å². The van der Waals surface area contributed by atoms with Crippen molar-refractivity contribution in [3.8, 4) is 0 Å². The van der Waals surface area contributed by atoms with Gasteiger partial charge in [-0.1, -0.05) is 25.0 Å². The third kappa shape index (κ3) is 4.17. The number of thioether (sulfide) groups is 1. The van der Waals surface area contributed by atoms with Crippen molar-refractivity contribution in [1.29, 1.82) is 0 Å². The highest BCUT2D eigenvalue weighted by Crippen LogP contribution is 2.31. The summed E-state index contributed by atoms with van der Waals surface area (Å²) in [6.07, 6.45) is 5.73. The monoisotopic (exact) mass is 320 g/mol. The predicted octanol–water partition coefficient (Wildman–Crippen LogP) is 3.46. The molecular formula is C17H24N2O2S. The number of nitrogens with zero attached hydrogens (tertiary/aromatic N) is 1. The Morgan fingerprint density at radius 3 is 2.86 bits per heavy atom. The van der Waals surface area contributed by atoms with Gasteiger partial charge >= 0.3 is 6.03 Å². The van der Waals surface area contributed by atoms with Crippen molar-refractivity contribution in [3.05, 3.63) is 29.8 Å². The molecule has 1 aromatic rings. The summed E-state index contributed by atoms with van der Waals surface area (Å²) in [6.45, 7) is 1.06. The van der Waals surface area contributed by atoms with Gasteiger partial charge in [0.1, 0.15) is 0 Å². The first kappa shape index (κ1) is 15.7. The molecule has 120 valence electrons. The number of aliphatic hydroxyl groups is 1. The number of hydrogen-bond acceptors (Lipinski definition) is 3. The predicted molar refractivity (Wildman–Crippen MR) is 91.2 cm³/mol. The summed E-state index contributed by atoms with van der Waals surface area (Å²) < 4.78 is 0. The van der Waals surface area contributed by atoms with Gasteiger partial charge in [-0.2, -0.15) is 11.8 Å². The maximum absolute atomic E-state index is 12.1. The fraction of sp³-hybridized carbons (Fsp3) is 0.588. The molecule has 0 radical (unpaired) electrons. The molecule has 22 heavy (non-hydrogen) atoms. The molecule has 1 atom stereocenters. The lowest BCUT2D eigenvalue weighted by molar-refractivity contribution is 0.176. The molecule has 0 spiro atoms. The van der Waals surface area contributed by atoms with Crippen molar-refractivity contribution >= 4 is 23.5 Å². The van der Waals surface area contributed by atoms with Crippen LogP contribution in [0.1, 0.15) is 37.7 Å². The SMILES string of the molecule is O=C(Nc1cccc(CSC2CCCC2)c1)N1CC[C@H](O)C1. The largest absolute Gasteiger partial charge is 0.391 e. The minimum atomic E-state index is -0.375. The van der Waals surface area contributed by atoms with Crippen LogP contribution in [0.3, 0.4) is 0 Å². The molecule has 2 N–H and O–H groups in total. The van der Waals surface area contributed by atoms with E-state index in [4.69, 9.17) is 0 Å². The number of nitrogens with one attached hydrogen (secondary N) is 1. The van der Waals surface area contributed by atoms with E-state index in [2.05, 4.69) is 17.4 Å². The molecule has 4 nitrogen and oxygen atoms in total. The van der Waals surface area contributed by atoms with Crippen LogP contribution in [-0.4, -0.2) is 40.5 Å². The summed E-state index contributed by atoms with van der Waals surface area (Å²) >= 11 is 2.03. The number of hydrogen-bond donors (Lipinski definition) is 2. The second-order valence-electron chi connectivity index (χ2n) is 6.24. The Bertz CT molecular complexity index is 517. The summed E-state index contributed by atoms with van der Waals surface area (Å²) in [5, 5.41) is 13.3. The van der Waals surface area contributed by atoms with Crippen LogP contribution >= 0.6 is 11.8 Å². The highest BCUT2D eigenvalue weighted by atomic mass is 32.2. The molecule has 2 fully saturated rings. The van der Waals surface area contributed by atoms with Crippen LogP contribution in [0.25, 0.3) is 0 Å². The van der Waals surface area contributed by atoms with Gasteiger partial charge in [0, 0.05) is 29.8 Å². The summed E-state index contributed by atoms with van der Waals surface area (Å²) in [5.74, 6) is 1.01. The van der Waals surface area contributed by atoms with Crippen LogP contribution in [0, 0.1) is 0 Å². The molecule has 1 saturated carbocycles. The number of carbonyl (C=O) groups is 1. The molecule has 2 amide bonds. The zero-order valence-electron chi connectivity index (χ0n) is 12.8. The number of aliphatic hydroxyl groups excluding tert-OH is 1. The zero-order chi connectivity index (χ0) is 15.4. The van der Waals surface area contributed by atoms with Crippen LogP contribution in [0.5, 0.6) is 0 Å². The van der Waals surface area contributed by atoms with Gasteiger partial charge in [-0.3, -0.25) is 0 Å². The van der Waals surface area contributed by atoms with Gasteiger partial charge in [0.25, 0.3) is 0 Å². The number of likely N-dealkylation sites (tertiary alicyclic amines) is 1. The van der Waals surface area contributed by atoms with E-state index in [-0.39, 0.29) is 12.1 Å². The summed E-state index contributed by atoms with van der Waals surface area (Å²) in [7, 11) is 0. The van der Waals surface area contributed by atoms with Crippen molar-refractivity contribution < 1.29 is 9.90 Å². The molecule has 1 aliphatic carbocycles. The first-order valence-electron chi connectivity index (χ1n) is 8.15. The zero-order valence-corrected chi connectivity index (χ0v) is 13.6. The minimum absolute atomic E-state index is 0.114. The highest BCUT2D eigenvalue weighted by molar-refractivity contribution is 7.99. The second kappa shape index (κ2) is 7.38. The Morgan fingerprint density at radius 2 is 2.14 bits per heavy atom. The lowest BCUT2D eigenvalue weighted by atomic mass is 10.2. The van der Waals surface area contributed by atoms with E-state index in [9.17, 15) is 9.90 Å². The van der Waals surface area contributed by atoms with Crippen molar-refractivity contribution in [1.82, 2.24) is 4.90 Å². The lowest BCUT2D eigenvalue weighted by Gasteiger charge is -2.17. The summed E-state index contributed by atoms with van der Waals surface area (Å²) in [4.78, 5) is 13.8. The van der Waals surface area contributed by atoms with E-state index < -0.39 is 0 Å². The van der Waals surface area contributed by atoms with Gasteiger partial charge in [0.15, 0.2) is 0 Å². The molecule has 5 heteroatoms. The normalized spacial score (nSPS) is 22.2. The highest BCUT2D eigenvalue weighted by Gasteiger charge is 2.24. The Balaban J connectivity index is 1.53. The van der Waals surface area contributed by atoms with E-state index in [1.165, 1.54) is 31.2 Å². The number of urea groups is 1. The quantitative estimate of drug-likeness (QED) is 0.893. The van der Waals surface area contributed by atoms with Crippen LogP contribution in [0.4, 0.5) is 10.5 Å². The van der Waals surface area contributed by atoms with E-state index in [0.29, 0.717) is 19.5 Å². The standard InChI is InChI=1S/C17H24N2O2S/c20-15-8-9-19(11-15)17(21)18-14-5-3-4-13(10-14)12-22-16-6-1-2-7-16/h3-5,10,15-16,20H,1-2,6-9,11-12H2,(H,18,21)/t15-/m0/s1. The maximum Gasteiger partial charge on any atom is 0.321 e. The summed E-state index contributed by atoms with van der Waals surface area (Å²) in [6, 6.07) is 7.99. The number of amides is 2. The van der Waals surface area contributed by atoms with Crippen LogP contribution in [0.2, 0.25) is 0 Å². The molecular weight excluding hydrogens is 296 g/mol. The third-order valence-corrected chi connectivity index (χ3v) is 5.86. The molecule has 2 aliphatic rings. The van der Waals surface area contributed by atoms with Crippen LogP contribution < -0.4 is 5.32 Å². The van der Waals surface area contributed by atoms with Crippen LogP contribution in [0.15, 0.2) is 24.3 Å². The Labute approximate surface area is 136 Å². The molecule has 1 saturated heterocycles. The van der Waals surface area contributed by atoms with Crippen molar-refractivity contribution in [2.24, 2.45) is 0 Å². The maximum atomic E-state index is 12.1. The van der Waals surface area contributed by atoms with E-state index >= 15 is 0 Å². The molecule has 0 bridgehead atoms.